The number of benzene rings is 1. The smallest absolute Gasteiger partial charge is 0.279 e. The molecular formula is C18H27BrN3O2+. The second-order valence-corrected chi connectivity index (χ2v) is 7.66. The Morgan fingerprint density at radius 2 is 2.00 bits per heavy atom. The van der Waals surface area contributed by atoms with Crippen LogP contribution in [0, 0.1) is 6.92 Å². The van der Waals surface area contributed by atoms with Crippen LogP contribution in [0.3, 0.4) is 0 Å². The van der Waals surface area contributed by atoms with Crippen molar-refractivity contribution in [3.05, 3.63) is 28.2 Å². The number of likely N-dealkylation sites (N-methyl/N-ethyl adjacent to an activating group) is 1. The van der Waals surface area contributed by atoms with E-state index in [0.717, 1.165) is 33.5 Å². The average Bonchev–Trinajstić information content (AvgIpc) is 3.02. The van der Waals surface area contributed by atoms with Gasteiger partial charge in [-0.1, -0.05) is 28.8 Å². The number of quaternary nitrogens is 1. The summed E-state index contributed by atoms with van der Waals surface area (Å²) in [5.41, 5.74) is 1.81. The highest BCUT2D eigenvalue weighted by atomic mass is 79.9. The van der Waals surface area contributed by atoms with E-state index in [1.165, 1.54) is 12.8 Å². The predicted octanol–water partition coefficient (Wildman–Crippen LogP) is 1.66. The van der Waals surface area contributed by atoms with Crippen molar-refractivity contribution in [1.29, 1.82) is 0 Å². The Bertz CT molecular complexity index is 600. The summed E-state index contributed by atoms with van der Waals surface area (Å²) < 4.78 is 0.984. The van der Waals surface area contributed by atoms with Gasteiger partial charge in [0.15, 0.2) is 12.6 Å². The molecule has 5 nitrogen and oxygen atoms in total. The maximum absolute atomic E-state index is 12.3. The van der Waals surface area contributed by atoms with Gasteiger partial charge in [0.25, 0.3) is 11.8 Å². The summed E-state index contributed by atoms with van der Waals surface area (Å²) in [5.74, 6) is -0.0505. The van der Waals surface area contributed by atoms with Gasteiger partial charge in [-0.05, 0) is 50.5 Å². The topological polar surface area (TPSA) is 62.6 Å². The van der Waals surface area contributed by atoms with E-state index in [1.807, 2.05) is 39.1 Å². The first-order chi connectivity index (χ1) is 11.4. The van der Waals surface area contributed by atoms with Crippen molar-refractivity contribution < 1.29 is 14.5 Å². The molecule has 0 aliphatic heterocycles. The first kappa shape index (κ1) is 18.9. The van der Waals surface area contributed by atoms with Gasteiger partial charge in [-0.15, -0.1) is 0 Å². The molecule has 1 aromatic rings. The number of anilines is 1. The lowest BCUT2D eigenvalue weighted by Gasteiger charge is -2.22. The molecule has 0 bridgehead atoms. The number of hydrogen-bond acceptors (Lipinski definition) is 2. The van der Waals surface area contributed by atoms with Gasteiger partial charge in [-0.25, -0.2) is 0 Å². The Hall–Kier alpha value is -1.40. The summed E-state index contributed by atoms with van der Waals surface area (Å²) in [7, 11) is 1.88. The lowest BCUT2D eigenvalue weighted by molar-refractivity contribution is -0.885. The maximum Gasteiger partial charge on any atom is 0.279 e. The standard InChI is InChI=1S/C18H26BrN3O2/c1-12-10-14(19)8-9-16(12)21-17(23)11-22(3)13(2)18(24)20-15-6-4-5-7-15/h8-10,13,15H,4-7,11H2,1-3H3,(H,20,24)(H,21,23)/p+1/t13-/m1/s1. The molecule has 0 saturated heterocycles. The number of nitrogens with one attached hydrogen (secondary N) is 3. The SMILES string of the molecule is Cc1cc(Br)ccc1NC(=O)C[NH+](C)[C@H](C)C(=O)NC1CCCC1. The fourth-order valence-electron chi connectivity index (χ4n) is 2.99. The summed E-state index contributed by atoms with van der Waals surface area (Å²) in [6.45, 7) is 4.08. The van der Waals surface area contributed by atoms with Crippen molar-refractivity contribution in [3.8, 4) is 0 Å². The minimum absolute atomic E-state index is 0.0343. The maximum atomic E-state index is 12.3. The number of hydrogen-bond donors (Lipinski definition) is 3. The van der Waals surface area contributed by atoms with Gasteiger partial charge in [0, 0.05) is 16.2 Å². The molecule has 1 saturated carbocycles. The summed E-state index contributed by atoms with van der Waals surface area (Å²) in [6, 6.07) is 5.80. The van der Waals surface area contributed by atoms with Crippen LogP contribution in [0.1, 0.15) is 38.2 Å². The van der Waals surface area contributed by atoms with E-state index < -0.39 is 0 Å². The van der Waals surface area contributed by atoms with E-state index in [4.69, 9.17) is 0 Å². The Labute approximate surface area is 152 Å². The fraction of sp³-hybridized carbons (Fsp3) is 0.556. The van der Waals surface area contributed by atoms with Crippen LogP contribution in [-0.2, 0) is 9.59 Å². The van der Waals surface area contributed by atoms with Gasteiger partial charge in [0.2, 0.25) is 0 Å². The molecule has 1 unspecified atom stereocenters. The Morgan fingerprint density at radius 1 is 1.33 bits per heavy atom. The lowest BCUT2D eigenvalue weighted by Crippen LogP contribution is -3.15. The van der Waals surface area contributed by atoms with E-state index in [1.54, 1.807) is 0 Å². The molecule has 0 heterocycles. The number of halogens is 1. The van der Waals surface area contributed by atoms with E-state index >= 15 is 0 Å². The molecule has 0 spiro atoms. The van der Waals surface area contributed by atoms with Crippen molar-refractivity contribution in [2.75, 3.05) is 18.9 Å². The molecule has 1 aliphatic carbocycles. The molecule has 6 heteroatoms. The second-order valence-electron chi connectivity index (χ2n) is 6.74. The molecule has 2 rings (SSSR count). The van der Waals surface area contributed by atoms with Crippen LogP contribution < -0.4 is 15.5 Å². The van der Waals surface area contributed by atoms with Crippen molar-refractivity contribution in [2.45, 2.75) is 51.6 Å². The summed E-state index contributed by atoms with van der Waals surface area (Å²) in [5, 5.41) is 6.02. The molecule has 1 aromatic carbocycles. The van der Waals surface area contributed by atoms with Crippen molar-refractivity contribution in [1.82, 2.24) is 5.32 Å². The van der Waals surface area contributed by atoms with Gasteiger partial charge >= 0.3 is 0 Å². The third-order valence-electron chi connectivity index (χ3n) is 4.74. The lowest BCUT2D eigenvalue weighted by atomic mass is 10.2. The zero-order valence-corrected chi connectivity index (χ0v) is 16.2. The third-order valence-corrected chi connectivity index (χ3v) is 5.23. The number of rotatable bonds is 6. The first-order valence-electron chi connectivity index (χ1n) is 8.55. The third kappa shape index (κ3) is 5.31. The highest BCUT2D eigenvalue weighted by molar-refractivity contribution is 9.10. The summed E-state index contributed by atoms with van der Waals surface area (Å²) >= 11 is 3.41. The van der Waals surface area contributed by atoms with Crippen LogP contribution in [0.2, 0.25) is 0 Å². The largest absolute Gasteiger partial charge is 0.348 e. The number of carbonyl (C=O) groups excluding carboxylic acids is 2. The molecule has 2 amide bonds. The normalized spacial score (nSPS) is 17.3. The second kappa shape index (κ2) is 8.62. The number of amides is 2. The van der Waals surface area contributed by atoms with Crippen LogP contribution in [0.5, 0.6) is 0 Å². The van der Waals surface area contributed by atoms with E-state index in [9.17, 15) is 9.59 Å². The van der Waals surface area contributed by atoms with Crippen molar-refractivity contribution in [2.24, 2.45) is 0 Å². The number of aryl methyl sites for hydroxylation is 1. The Morgan fingerprint density at radius 3 is 2.62 bits per heavy atom. The van der Waals surface area contributed by atoms with Crippen molar-refractivity contribution in [3.63, 3.8) is 0 Å². The predicted molar refractivity (Wildman–Crippen MR) is 99.1 cm³/mol. The average molecular weight is 397 g/mol. The molecule has 0 aromatic heterocycles. The van der Waals surface area contributed by atoms with Crippen LogP contribution in [0.25, 0.3) is 0 Å². The van der Waals surface area contributed by atoms with E-state index in [2.05, 4.69) is 26.6 Å². The quantitative estimate of drug-likeness (QED) is 0.684. The molecule has 3 N–H and O–H groups in total. The minimum atomic E-state index is -0.248. The summed E-state index contributed by atoms with van der Waals surface area (Å²) in [6.07, 6.45) is 4.52. The highest BCUT2D eigenvalue weighted by Crippen LogP contribution is 2.19. The molecule has 1 fully saturated rings. The fourth-order valence-corrected chi connectivity index (χ4v) is 3.46. The Kier molecular flexibility index (Phi) is 6.80. The van der Waals surface area contributed by atoms with E-state index in [0.29, 0.717) is 6.04 Å². The molecule has 0 radical (unpaired) electrons. The van der Waals surface area contributed by atoms with Gasteiger partial charge in [0.1, 0.15) is 0 Å². The highest BCUT2D eigenvalue weighted by Gasteiger charge is 2.27. The molecule has 1 aliphatic rings. The van der Waals surface area contributed by atoms with Gasteiger partial charge in [-0.3, -0.25) is 9.59 Å². The van der Waals surface area contributed by atoms with Crippen LogP contribution in [0.4, 0.5) is 5.69 Å². The Balaban J connectivity index is 1.84. The molecule has 2 atom stereocenters. The van der Waals surface area contributed by atoms with Crippen LogP contribution in [0.15, 0.2) is 22.7 Å². The van der Waals surface area contributed by atoms with Gasteiger partial charge in [0.05, 0.1) is 7.05 Å². The zero-order valence-electron chi connectivity index (χ0n) is 14.6. The van der Waals surface area contributed by atoms with E-state index in [-0.39, 0.29) is 24.4 Å². The van der Waals surface area contributed by atoms with Gasteiger partial charge < -0.3 is 15.5 Å². The monoisotopic (exact) mass is 396 g/mol. The minimum Gasteiger partial charge on any atom is -0.348 e. The molecule has 24 heavy (non-hydrogen) atoms. The zero-order chi connectivity index (χ0) is 17.7. The van der Waals surface area contributed by atoms with Crippen LogP contribution in [-0.4, -0.2) is 37.5 Å². The first-order valence-corrected chi connectivity index (χ1v) is 9.35. The molecular weight excluding hydrogens is 370 g/mol. The number of carbonyl (C=O) groups is 2. The molecule has 132 valence electrons. The van der Waals surface area contributed by atoms with Crippen molar-refractivity contribution >= 4 is 33.4 Å². The van der Waals surface area contributed by atoms with Crippen LogP contribution >= 0.6 is 15.9 Å². The van der Waals surface area contributed by atoms with Gasteiger partial charge in [-0.2, -0.15) is 0 Å². The summed E-state index contributed by atoms with van der Waals surface area (Å²) in [4.78, 5) is 25.4.